The minimum atomic E-state index is 0.173. The van der Waals surface area contributed by atoms with E-state index in [1.165, 1.54) is 10.4 Å². The van der Waals surface area contributed by atoms with Crippen LogP contribution in [0.15, 0.2) is 23.7 Å². The molecule has 0 saturated carbocycles. The van der Waals surface area contributed by atoms with Crippen molar-refractivity contribution in [2.45, 2.75) is 19.4 Å². The molecule has 0 bridgehead atoms. The highest BCUT2D eigenvalue weighted by molar-refractivity contribution is 7.13. The van der Waals surface area contributed by atoms with E-state index < -0.39 is 0 Å². The second kappa shape index (κ2) is 3.94. The third-order valence-electron chi connectivity index (χ3n) is 2.03. The number of hydrogen-bond acceptors (Lipinski definition) is 3. The molecular weight excluding hydrogens is 194 g/mol. The number of aromatic nitrogens is 2. The monoisotopic (exact) mass is 207 g/mol. The largest absolute Gasteiger partial charge is 0.328 e. The van der Waals surface area contributed by atoms with E-state index in [9.17, 15) is 0 Å². The second-order valence-corrected chi connectivity index (χ2v) is 4.38. The highest BCUT2D eigenvalue weighted by atomic mass is 32.1. The van der Waals surface area contributed by atoms with E-state index in [2.05, 4.69) is 21.6 Å². The lowest BCUT2D eigenvalue weighted by molar-refractivity contribution is 0.739. The van der Waals surface area contributed by atoms with E-state index in [-0.39, 0.29) is 6.04 Å². The van der Waals surface area contributed by atoms with Gasteiger partial charge in [-0.15, -0.1) is 11.3 Å². The fourth-order valence-corrected chi connectivity index (χ4v) is 2.20. The Morgan fingerprint density at radius 1 is 1.64 bits per heavy atom. The molecule has 2 aromatic heterocycles. The van der Waals surface area contributed by atoms with Crippen molar-refractivity contribution in [3.63, 3.8) is 0 Å². The zero-order valence-electron chi connectivity index (χ0n) is 8.03. The molecule has 2 heterocycles. The molecule has 4 heteroatoms. The molecule has 0 aromatic carbocycles. The van der Waals surface area contributed by atoms with Crippen LogP contribution in [0, 0.1) is 0 Å². The summed E-state index contributed by atoms with van der Waals surface area (Å²) in [6, 6.07) is 4.30. The smallest absolute Gasteiger partial charge is 0.0782 e. The zero-order valence-corrected chi connectivity index (χ0v) is 8.84. The van der Waals surface area contributed by atoms with Gasteiger partial charge in [-0.2, -0.15) is 5.10 Å². The van der Waals surface area contributed by atoms with E-state index in [4.69, 9.17) is 5.73 Å². The van der Waals surface area contributed by atoms with Crippen LogP contribution in [0.25, 0.3) is 10.6 Å². The van der Waals surface area contributed by atoms with Crippen LogP contribution in [0.3, 0.4) is 0 Å². The summed E-state index contributed by atoms with van der Waals surface area (Å²) in [6.45, 7) is 2.01. The number of thiophene rings is 1. The Morgan fingerprint density at radius 3 is 3.14 bits per heavy atom. The van der Waals surface area contributed by atoms with Gasteiger partial charge in [0.05, 0.1) is 16.8 Å². The molecule has 0 radical (unpaired) electrons. The van der Waals surface area contributed by atoms with Gasteiger partial charge in [0.15, 0.2) is 0 Å². The Bertz CT molecular complexity index is 389. The summed E-state index contributed by atoms with van der Waals surface area (Å²) in [5.74, 6) is 0. The van der Waals surface area contributed by atoms with Gasteiger partial charge >= 0.3 is 0 Å². The summed E-state index contributed by atoms with van der Waals surface area (Å²) in [7, 11) is 0. The van der Waals surface area contributed by atoms with Crippen LogP contribution in [-0.2, 0) is 6.42 Å². The third-order valence-corrected chi connectivity index (χ3v) is 2.91. The average molecular weight is 207 g/mol. The topological polar surface area (TPSA) is 54.7 Å². The maximum atomic E-state index is 5.77. The first kappa shape index (κ1) is 9.43. The van der Waals surface area contributed by atoms with E-state index in [0.29, 0.717) is 0 Å². The summed E-state index contributed by atoms with van der Waals surface area (Å²) in [6.07, 6.45) is 2.72. The van der Waals surface area contributed by atoms with Gasteiger partial charge in [0.25, 0.3) is 0 Å². The van der Waals surface area contributed by atoms with Gasteiger partial charge in [0.1, 0.15) is 0 Å². The molecule has 14 heavy (non-hydrogen) atoms. The molecule has 0 saturated heterocycles. The molecule has 2 aromatic rings. The summed E-state index contributed by atoms with van der Waals surface area (Å²) >= 11 is 1.71. The average Bonchev–Trinajstić information content (AvgIpc) is 2.70. The van der Waals surface area contributed by atoms with Crippen LogP contribution in [0.5, 0.6) is 0 Å². The second-order valence-electron chi connectivity index (χ2n) is 3.43. The zero-order chi connectivity index (χ0) is 9.97. The normalized spacial score (nSPS) is 13.0. The van der Waals surface area contributed by atoms with Crippen LogP contribution in [0.1, 0.15) is 12.5 Å². The summed E-state index contributed by atoms with van der Waals surface area (Å²) < 4.78 is 0. The molecule has 2 rings (SSSR count). The molecule has 0 amide bonds. The van der Waals surface area contributed by atoms with Gasteiger partial charge in [-0.1, -0.05) is 6.07 Å². The Morgan fingerprint density at radius 2 is 2.50 bits per heavy atom. The Hall–Kier alpha value is -1.13. The fourth-order valence-electron chi connectivity index (χ4n) is 1.45. The lowest BCUT2D eigenvalue weighted by Crippen LogP contribution is -2.17. The quantitative estimate of drug-likeness (QED) is 0.809. The number of nitrogens with two attached hydrogens (primary N) is 1. The van der Waals surface area contributed by atoms with Gasteiger partial charge in [-0.25, -0.2) is 0 Å². The predicted molar refractivity (Wildman–Crippen MR) is 59.3 cm³/mol. The third kappa shape index (κ3) is 1.86. The highest BCUT2D eigenvalue weighted by Crippen LogP contribution is 2.26. The van der Waals surface area contributed by atoms with Crippen molar-refractivity contribution < 1.29 is 0 Å². The Balaban J connectivity index is 2.30. The molecule has 0 spiro atoms. The molecule has 74 valence electrons. The standard InChI is InChI=1S/C10H13N3S/c1-7(11)5-8-6-12-13-10(8)9-3-2-4-14-9/h2-4,6-7H,5,11H2,1H3,(H,12,13). The molecule has 0 aliphatic heterocycles. The molecule has 0 aliphatic rings. The van der Waals surface area contributed by atoms with Crippen molar-refractivity contribution in [2.24, 2.45) is 5.73 Å². The molecule has 0 aliphatic carbocycles. The van der Waals surface area contributed by atoms with Gasteiger partial charge in [0.2, 0.25) is 0 Å². The van der Waals surface area contributed by atoms with Gasteiger partial charge in [-0.3, -0.25) is 5.10 Å². The lowest BCUT2D eigenvalue weighted by atomic mass is 10.1. The number of hydrogen-bond donors (Lipinski definition) is 2. The van der Waals surface area contributed by atoms with Crippen molar-refractivity contribution in [1.82, 2.24) is 10.2 Å². The minimum Gasteiger partial charge on any atom is -0.328 e. The van der Waals surface area contributed by atoms with Crippen LogP contribution in [0.2, 0.25) is 0 Å². The molecular formula is C10H13N3S. The minimum absolute atomic E-state index is 0.173. The van der Waals surface area contributed by atoms with E-state index >= 15 is 0 Å². The molecule has 1 atom stereocenters. The van der Waals surface area contributed by atoms with Gasteiger partial charge in [-0.05, 0) is 24.8 Å². The molecule has 3 N–H and O–H groups in total. The van der Waals surface area contributed by atoms with Crippen molar-refractivity contribution in [3.8, 4) is 10.6 Å². The summed E-state index contributed by atoms with van der Waals surface area (Å²) in [4.78, 5) is 1.22. The number of nitrogens with one attached hydrogen (secondary N) is 1. The van der Waals surface area contributed by atoms with Crippen LogP contribution in [0.4, 0.5) is 0 Å². The van der Waals surface area contributed by atoms with Crippen molar-refractivity contribution >= 4 is 11.3 Å². The van der Waals surface area contributed by atoms with E-state index in [1.807, 2.05) is 19.2 Å². The molecule has 1 unspecified atom stereocenters. The first-order chi connectivity index (χ1) is 6.77. The molecule has 3 nitrogen and oxygen atoms in total. The van der Waals surface area contributed by atoms with Gasteiger partial charge in [0, 0.05) is 11.6 Å². The number of rotatable bonds is 3. The number of H-pyrrole nitrogens is 1. The first-order valence-corrected chi connectivity index (χ1v) is 5.47. The van der Waals surface area contributed by atoms with Crippen LogP contribution < -0.4 is 5.73 Å². The Labute approximate surface area is 87.0 Å². The summed E-state index contributed by atoms with van der Waals surface area (Å²) in [5, 5.41) is 9.14. The van der Waals surface area contributed by atoms with Crippen molar-refractivity contribution in [1.29, 1.82) is 0 Å². The number of aromatic amines is 1. The maximum absolute atomic E-state index is 5.77. The Kier molecular flexibility index (Phi) is 2.65. The van der Waals surface area contributed by atoms with E-state index in [0.717, 1.165) is 12.1 Å². The fraction of sp³-hybridized carbons (Fsp3) is 0.300. The van der Waals surface area contributed by atoms with Crippen LogP contribution in [-0.4, -0.2) is 16.2 Å². The van der Waals surface area contributed by atoms with Gasteiger partial charge < -0.3 is 5.73 Å². The maximum Gasteiger partial charge on any atom is 0.0782 e. The van der Waals surface area contributed by atoms with E-state index in [1.54, 1.807) is 11.3 Å². The number of nitrogens with zero attached hydrogens (tertiary/aromatic N) is 1. The highest BCUT2D eigenvalue weighted by Gasteiger charge is 2.09. The van der Waals surface area contributed by atoms with Crippen LogP contribution >= 0.6 is 11.3 Å². The SMILES string of the molecule is CC(N)Cc1cn[nH]c1-c1cccs1. The summed E-state index contributed by atoms with van der Waals surface area (Å²) in [5.41, 5.74) is 8.07. The predicted octanol–water partition coefficient (Wildman–Crippen LogP) is 2.03. The molecule has 0 fully saturated rings. The first-order valence-electron chi connectivity index (χ1n) is 4.59. The lowest BCUT2D eigenvalue weighted by Gasteiger charge is -2.03. The van der Waals surface area contributed by atoms with Crippen molar-refractivity contribution in [3.05, 3.63) is 29.3 Å². The van der Waals surface area contributed by atoms with Crippen molar-refractivity contribution in [2.75, 3.05) is 0 Å².